The molecule has 0 aromatic heterocycles. The lowest BCUT2D eigenvalue weighted by atomic mass is 10.2. The summed E-state index contributed by atoms with van der Waals surface area (Å²) >= 11 is 0. The molecule has 0 radical (unpaired) electrons. The zero-order chi connectivity index (χ0) is 8.32. The molecule has 3 nitrogen and oxygen atoms in total. The molecule has 64 valence electrons. The largest absolute Gasteiger partial charge is 0.215 e. The summed E-state index contributed by atoms with van der Waals surface area (Å²) in [4.78, 5) is 0. The molecule has 0 aromatic carbocycles. The topological polar surface area (TPSA) is 46.2 Å². The third-order valence-electron chi connectivity index (χ3n) is 1.87. The second-order valence-corrected chi connectivity index (χ2v) is 4.77. The molecule has 11 heavy (non-hydrogen) atoms. The minimum Gasteiger partial charge on any atom is -0.215 e. The fourth-order valence-corrected chi connectivity index (χ4v) is 2.78. The number of nitrogens with one attached hydrogen (secondary N) is 1. The minimum atomic E-state index is -3.01. The van der Waals surface area contributed by atoms with Crippen molar-refractivity contribution in [2.24, 2.45) is 0 Å². The fraction of sp³-hybridized carbons (Fsp3) is 0.714. The van der Waals surface area contributed by atoms with Gasteiger partial charge in [-0.25, -0.2) is 13.1 Å². The van der Waals surface area contributed by atoms with Crippen molar-refractivity contribution in [2.75, 3.05) is 6.54 Å². The van der Waals surface area contributed by atoms with Crippen molar-refractivity contribution in [1.29, 1.82) is 0 Å². The molecule has 0 aliphatic carbocycles. The van der Waals surface area contributed by atoms with E-state index in [0.29, 0.717) is 13.0 Å². The van der Waals surface area contributed by atoms with Crippen molar-refractivity contribution < 1.29 is 8.42 Å². The van der Waals surface area contributed by atoms with Crippen molar-refractivity contribution >= 4 is 10.0 Å². The smallest absolute Gasteiger partial charge is 0.214 e. The molecule has 1 fully saturated rings. The van der Waals surface area contributed by atoms with E-state index in [1.165, 1.54) is 0 Å². The maximum atomic E-state index is 11.2. The van der Waals surface area contributed by atoms with Crippen LogP contribution in [0, 0.1) is 0 Å². The average Bonchev–Trinajstić information content (AvgIpc) is 1.94. The molecule has 0 amide bonds. The molecular weight excluding hydrogens is 162 g/mol. The van der Waals surface area contributed by atoms with Crippen LogP contribution in [-0.2, 0) is 10.0 Å². The zero-order valence-electron chi connectivity index (χ0n) is 6.41. The highest BCUT2D eigenvalue weighted by Crippen LogP contribution is 2.15. The first-order valence-corrected chi connectivity index (χ1v) is 5.31. The Hall–Kier alpha value is -0.350. The second kappa shape index (κ2) is 3.36. The Morgan fingerprint density at radius 3 is 2.91 bits per heavy atom. The van der Waals surface area contributed by atoms with E-state index in [4.69, 9.17) is 0 Å². The molecule has 0 aromatic rings. The van der Waals surface area contributed by atoms with Gasteiger partial charge in [0.05, 0.1) is 5.25 Å². The predicted molar refractivity (Wildman–Crippen MR) is 44.8 cm³/mol. The van der Waals surface area contributed by atoms with Crippen molar-refractivity contribution in [2.45, 2.75) is 24.5 Å². The average molecular weight is 175 g/mol. The summed E-state index contributed by atoms with van der Waals surface area (Å²) < 4.78 is 24.9. The first kappa shape index (κ1) is 8.74. The van der Waals surface area contributed by atoms with E-state index in [0.717, 1.165) is 12.8 Å². The Kier molecular flexibility index (Phi) is 2.67. The van der Waals surface area contributed by atoms with Crippen LogP contribution in [-0.4, -0.2) is 20.2 Å². The van der Waals surface area contributed by atoms with Crippen LogP contribution in [0.15, 0.2) is 12.7 Å². The van der Waals surface area contributed by atoms with E-state index in [-0.39, 0.29) is 5.25 Å². The van der Waals surface area contributed by atoms with E-state index < -0.39 is 10.0 Å². The highest BCUT2D eigenvalue weighted by atomic mass is 32.2. The maximum absolute atomic E-state index is 11.2. The van der Waals surface area contributed by atoms with E-state index in [2.05, 4.69) is 11.3 Å². The van der Waals surface area contributed by atoms with Gasteiger partial charge in [0.1, 0.15) is 0 Å². The Labute approximate surface area is 67.5 Å². The zero-order valence-corrected chi connectivity index (χ0v) is 7.23. The molecule has 0 bridgehead atoms. The lowest BCUT2D eigenvalue weighted by molar-refractivity contribution is 0.526. The van der Waals surface area contributed by atoms with Gasteiger partial charge in [0.15, 0.2) is 0 Å². The molecule has 1 N–H and O–H groups in total. The highest BCUT2D eigenvalue weighted by Gasteiger charge is 2.26. The van der Waals surface area contributed by atoms with E-state index in [1.807, 2.05) is 0 Å². The van der Waals surface area contributed by atoms with Gasteiger partial charge in [-0.1, -0.05) is 6.08 Å². The summed E-state index contributed by atoms with van der Waals surface area (Å²) in [5.74, 6) is 0. The minimum absolute atomic E-state index is 0.242. The third-order valence-corrected chi connectivity index (χ3v) is 3.79. The monoisotopic (exact) mass is 175 g/mol. The van der Waals surface area contributed by atoms with Crippen LogP contribution in [0.1, 0.15) is 19.3 Å². The van der Waals surface area contributed by atoms with Crippen LogP contribution >= 0.6 is 0 Å². The van der Waals surface area contributed by atoms with Gasteiger partial charge in [0.25, 0.3) is 0 Å². The van der Waals surface area contributed by atoms with Crippen LogP contribution in [0.25, 0.3) is 0 Å². The summed E-state index contributed by atoms with van der Waals surface area (Å²) in [6, 6.07) is 0. The van der Waals surface area contributed by atoms with Gasteiger partial charge in [-0.15, -0.1) is 6.58 Å². The fourth-order valence-electron chi connectivity index (χ4n) is 1.25. The molecule has 1 aliphatic rings. The van der Waals surface area contributed by atoms with Gasteiger partial charge in [0.2, 0.25) is 10.0 Å². The molecular formula is C7H13NO2S. The molecule has 1 rings (SSSR count). The quantitative estimate of drug-likeness (QED) is 0.626. The second-order valence-electron chi connectivity index (χ2n) is 2.73. The third kappa shape index (κ3) is 2.04. The summed E-state index contributed by atoms with van der Waals surface area (Å²) in [6.45, 7) is 4.12. The summed E-state index contributed by atoms with van der Waals surface area (Å²) in [7, 11) is -3.01. The number of hydrogen-bond donors (Lipinski definition) is 1. The Morgan fingerprint density at radius 2 is 2.36 bits per heavy atom. The SMILES string of the molecule is C=CCC1CCCNS1(=O)=O. The highest BCUT2D eigenvalue weighted by molar-refractivity contribution is 7.90. The number of hydrogen-bond acceptors (Lipinski definition) is 2. The molecule has 1 saturated heterocycles. The molecule has 1 atom stereocenters. The van der Waals surface area contributed by atoms with Gasteiger partial charge >= 0.3 is 0 Å². The van der Waals surface area contributed by atoms with E-state index in [9.17, 15) is 8.42 Å². The van der Waals surface area contributed by atoms with E-state index in [1.54, 1.807) is 6.08 Å². The normalized spacial score (nSPS) is 29.6. The lowest BCUT2D eigenvalue weighted by Gasteiger charge is -2.21. The molecule has 0 spiro atoms. The Balaban J connectivity index is 2.67. The van der Waals surface area contributed by atoms with Crippen molar-refractivity contribution in [3.63, 3.8) is 0 Å². The van der Waals surface area contributed by atoms with Crippen LogP contribution in [0.4, 0.5) is 0 Å². The van der Waals surface area contributed by atoms with Gasteiger partial charge in [-0.05, 0) is 19.3 Å². The summed E-state index contributed by atoms with van der Waals surface area (Å²) in [5.41, 5.74) is 0. The van der Waals surface area contributed by atoms with Crippen LogP contribution < -0.4 is 4.72 Å². The molecule has 1 heterocycles. The predicted octanol–water partition coefficient (Wildman–Crippen LogP) is 0.644. The molecule has 0 saturated carbocycles. The van der Waals surface area contributed by atoms with Crippen molar-refractivity contribution in [1.82, 2.24) is 4.72 Å². The standard InChI is InChI=1S/C7H13NO2S/c1-2-4-7-5-3-6-8-11(7,9)10/h2,7-8H,1,3-6H2. The van der Waals surface area contributed by atoms with Gasteiger partial charge in [-0.2, -0.15) is 0 Å². The van der Waals surface area contributed by atoms with Crippen LogP contribution in [0.5, 0.6) is 0 Å². The van der Waals surface area contributed by atoms with Crippen LogP contribution in [0.2, 0.25) is 0 Å². The number of allylic oxidation sites excluding steroid dienone is 1. The van der Waals surface area contributed by atoms with Crippen molar-refractivity contribution in [3.05, 3.63) is 12.7 Å². The summed E-state index contributed by atoms with van der Waals surface area (Å²) in [6.07, 6.45) is 3.93. The summed E-state index contributed by atoms with van der Waals surface area (Å²) in [5, 5.41) is -0.242. The van der Waals surface area contributed by atoms with Crippen LogP contribution in [0.3, 0.4) is 0 Å². The lowest BCUT2D eigenvalue weighted by Crippen LogP contribution is -2.39. The first-order valence-electron chi connectivity index (χ1n) is 3.76. The Morgan fingerprint density at radius 1 is 1.64 bits per heavy atom. The molecule has 4 heteroatoms. The number of sulfonamides is 1. The van der Waals surface area contributed by atoms with E-state index >= 15 is 0 Å². The number of rotatable bonds is 2. The van der Waals surface area contributed by atoms with Gasteiger partial charge < -0.3 is 0 Å². The Bertz CT molecular complexity index is 233. The van der Waals surface area contributed by atoms with Gasteiger partial charge in [0, 0.05) is 6.54 Å². The molecule has 1 unspecified atom stereocenters. The van der Waals surface area contributed by atoms with Gasteiger partial charge in [-0.3, -0.25) is 0 Å². The maximum Gasteiger partial charge on any atom is 0.214 e. The first-order chi connectivity index (χ1) is 5.17. The van der Waals surface area contributed by atoms with Crippen molar-refractivity contribution in [3.8, 4) is 0 Å². The molecule has 1 aliphatic heterocycles.